The maximum Gasteiger partial charge on any atom is 0.122 e. The summed E-state index contributed by atoms with van der Waals surface area (Å²) >= 11 is 1.76. The van der Waals surface area contributed by atoms with Crippen molar-refractivity contribution in [3.05, 3.63) is 29.3 Å². The van der Waals surface area contributed by atoms with Crippen molar-refractivity contribution in [1.29, 1.82) is 5.41 Å². The van der Waals surface area contributed by atoms with Crippen LogP contribution in [0, 0.1) is 12.3 Å². The number of nitrogens with one attached hydrogen (secondary N) is 1. The molecule has 1 rings (SSSR count). The molecule has 0 aliphatic heterocycles. The second-order valence-electron chi connectivity index (χ2n) is 3.24. The SMILES string of the molecule is COCCSc1ccc(C(=N)N)cc1C. The van der Waals surface area contributed by atoms with Crippen molar-refractivity contribution < 1.29 is 4.74 Å². The Morgan fingerprint density at radius 2 is 2.27 bits per heavy atom. The highest BCUT2D eigenvalue weighted by atomic mass is 32.2. The van der Waals surface area contributed by atoms with Gasteiger partial charge in [0.05, 0.1) is 6.61 Å². The molecule has 3 N–H and O–H groups in total. The largest absolute Gasteiger partial charge is 0.384 e. The number of hydrogen-bond acceptors (Lipinski definition) is 3. The van der Waals surface area contributed by atoms with E-state index >= 15 is 0 Å². The molecule has 0 bridgehead atoms. The van der Waals surface area contributed by atoms with Crippen LogP contribution in [0.5, 0.6) is 0 Å². The van der Waals surface area contributed by atoms with Gasteiger partial charge in [0.25, 0.3) is 0 Å². The number of hydrogen-bond donors (Lipinski definition) is 2. The average Bonchev–Trinajstić information content (AvgIpc) is 2.20. The van der Waals surface area contributed by atoms with Crippen molar-refractivity contribution in [3.8, 4) is 0 Å². The van der Waals surface area contributed by atoms with E-state index in [9.17, 15) is 0 Å². The van der Waals surface area contributed by atoms with Gasteiger partial charge in [-0.25, -0.2) is 0 Å². The first-order chi connectivity index (χ1) is 7.15. The van der Waals surface area contributed by atoms with Gasteiger partial charge in [-0.3, -0.25) is 5.41 Å². The summed E-state index contributed by atoms with van der Waals surface area (Å²) < 4.78 is 4.99. The third-order valence-electron chi connectivity index (χ3n) is 2.03. The zero-order valence-corrected chi connectivity index (χ0v) is 9.86. The minimum Gasteiger partial charge on any atom is -0.384 e. The second kappa shape index (κ2) is 5.78. The Hall–Kier alpha value is -1.00. The van der Waals surface area contributed by atoms with E-state index in [0.717, 1.165) is 23.5 Å². The summed E-state index contributed by atoms with van der Waals surface area (Å²) in [6, 6.07) is 5.83. The summed E-state index contributed by atoms with van der Waals surface area (Å²) in [6.45, 7) is 2.78. The molecule has 0 heterocycles. The van der Waals surface area contributed by atoms with Crippen LogP contribution in [-0.4, -0.2) is 25.3 Å². The van der Waals surface area contributed by atoms with Crippen molar-refractivity contribution in [2.75, 3.05) is 19.5 Å². The third kappa shape index (κ3) is 3.57. The topological polar surface area (TPSA) is 59.1 Å². The minimum absolute atomic E-state index is 0.117. The van der Waals surface area contributed by atoms with Crippen molar-refractivity contribution >= 4 is 17.6 Å². The lowest BCUT2D eigenvalue weighted by molar-refractivity contribution is 0.218. The fraction of sp³-hybridized carbons (Fsp3) is 0.364. The summed E-state index contributed by atoms with van der Waals surface area (Å²) in [6.07, 6.45) is 0. The normalized spacial score (nSPS) is 10.3. The highest BCUT2D eigenvalue weighted by Crippen LogP contribution is 2.22. The summed E-state index contributed by atoms with van der Waals surface area (Å²) in [5, 5.41) is 7.32. The number of rotatable bonds is 5. The molecule has 0 radical (unpaired) electrons. The van der Waals surface area contributed by atoms with Crippen molar-refractivity contribution in [2.24, 2.45) is 5.73 Å². The summed E-state index contributed by atoms with van der Waals surface area (Å²) in [7, 11) is 1.70. The van der Waals surface area contributed by atoms with Gasteiger partial charge in [-0.1, -0.05) is 6.07 Å². The zero-order chi connectivity index (χ0) is 11.3. The molecule has 4 heteroatoms. The van der Waals surface area contributed by atoms with Gasteiger partial charge < -0.3 is 10.5 Å². The maximum atomic E-state index is 7.32. The third-order valence-corrected chi connectivity index (χ3v) is 3.17. The molecular formula is C11H16N2OS. The lowest BCUT2D eigenvalue weighted by atomic mass is 10.1. The Bertz CT molecular complexity index is 352. The Morgan fingerprint density at radius 3 is 2.80 bits per heavy atom. The van der Waals surface area contributed by atoms with Crippen molar-refractivity contribution in [3.63, 3.8) is 0 Å². The highest BCUT2D eigenvalue weighted by Gasteiger charge is 2.02. The number of nitrogens with two attached hydrogens (primary N) is 1. The Kier molecular flexibility index (Phi) is 4.65. The first kappa shape index (κ1) is 12.1. The van der Waals surface area contributed by atoms with E-state index in [1.165, 1.54) is 4.90 Å². The van der Waals surface area contributed by atoms with E-state index in [0.29, 0.717) is 0 Å². The van der Waals surface area contributed by atoms with Gasteiger partial charge in [0.1, 0.15) is 5.84 Å². The standard InChI is InChI=1S/C11H16N2OS/c1-8-7-9(11(12)13)3-4-10(8)15-6-5-14-2/h3-4,7H,5-6H2,1-2H3,(H3,12,13). The van der Waals surface area contributed by atoms with Gasteiger partial charge in [-0.2, -0.15) is 0 Å². The molecule has 0 unspecified atom stereocenters. The Labute approximate surface area is 94.5 Å². The lowest BCUT2D eigenvalue weighted by Crippen LogP contribution is -2.11. The number of methoxy groups -OCH3 is 1. The molecule has 0 aromatic heterocycles. The minimum atomic E-state index is 0.117. The van der Waals surface area contributed by atoms with Gasteiger partial charge in [0.15, 0.2) is 0 Å². The van der Waals surface area contributed by atoms with Gasteiger partial charge in [-0.05, 0) is 24.6 Å². The van der Waals surface area contributed by atoms with Crippen LogP contribution < -0.4 is 5.73 Å². The molecule has 0 spiro atoms. The van der Waals surface area contributed by atoms with Crippen LogP contribution in [0.4, 0.5) is 0 Å². The van der Waals surface area contributed by atoms with E-state index < -0.39 is 0 Å². The predicted octanol–water partition coefficient (Wildman–Crippen LogP) is 2.02. The molecule has 0 amide bonds. The Morgan fingerprint density at radius 1 is 1.53 bits per heavy atom. The second-order valence-corrected chi connectivity index (χ2v) is 4.37. The predicted molar refractivity (Wildman–Crippen MR) is 64.8 cm³/mol. The number of nitrogen functional groups attached to an aromatic ring is 1. The fourth-order valence-corrected chi connectivity index (χ4v) is 2.13. The summed E-state index contributed by atoms with van der Waals surface area (Å²) in [5.41, 5.74) is 7.35. The van der Waals surface area contributed by atoms with Gasteiger partial charge in [0.2, 0.25) is 0 Å². The van der Waals surface area contributed by atoms with Gasteiger partial charge in [0, 0.05) is 23.3 Å². The summed E-state index contributed by atoms with van der Waals surface area (Å²) in [5.74, 6) is 1.06. The molecule has 0 aliphatic carbocycles. The Balaban J connectivity index is 2.70. The first-order valence-electron chi connectivity index (χ1n) is 4.72. The van der Waals surface area contributed by atoms with Crippen LogP contribution in [0.15, 0.2) is 23.1 Å². The molecule has 0 atom stereocenters. The molecule has 82 valence electrons. The zero-order valence-electron chi connectivity index (χ0n) is 9.04. The number of ether oxygens (including phenoxy) is 1. The number of benzene rings is 1. The lowest BCUT2D eigenvalue weighted by Gasteiger charge is -2.07. The molecule has 0 saturated heterocycles. The van der Waals surface area contributed by atoms with Crippen LogP contribution in [0.3, 0.4) is 0 Å². The number of amidine groups is 1. The maximum absolute atomic E-state index is 7.32. The number of aryl methyl sites for hydroxylation is 1. The quantitative estimate of drug-likeness (QED) is 0.348. The van der Waals surface area contributed by atoms with E-state index in [4.69, 9.17) is 15.9 Å². The van der Waals surface area contributed by atoms with Gasteiger partial charge >= 0.3 is 0 Å². The molecule has 3 nitrogen and oxygen atoms in total. The average molecular weight is 224 g/mol. The van der Waals surface area contributed by atoms with E-state index in [1.54, 1.807) is 18.9 Å². The first-order valence-corrected chi connectivity index (χ1v) is 5.70. The molecule has 1 aromatic carbocycles. The van der Waals surface area contributed by atoms with E-state index in [1.807, 2.05) is 25.1 Å². The molecular weight excluding hydrogens is 208 g/mol. The summed E-state index contributed by atoms with van der Waals surface area (Å²) in [4.78, 5) is 1.22. The molecule has 0 aliphatic rings. The molecule has 1 aromatic rings. The van der Waals surface area contributed by atoms with Crippen LogP contribution in [0.2, 0.25) is 0 Å². The van der Waals surface area contributed by atoms with Crippen LogP contribution in [0.1, 0.15) is 11.1 Å². The van der Waals surface area contributed by atoms with Crippen LogP contribution >= 0.6 is 11.8 Å². The van der Waals surface area contributed by atoms with Crippen LogP contribution in [0.25, 0.3) is 0 Å². The molecule has 15 heavy (non-hydrogen) atoms. The van der Waals surface area contributed by atoms with Crippen LogP contribution in [-0.2, 0) is 4.74 Å². The van der Waals surface area contributed by atoms with E-state index in [2.05, 4.69) is 0 Å². The van der Waals surface area contributed by atoms with Gasteiger partial charge in [-0.15, -0.1) is 11.8 Å². The fourth-order valence-electron chi connectivity index (χ4n) is 1.21. The van der Waals surface area contributed by atoms with Crippen molar-refractivity contribution in [2.45, 2.75) is 11.8 Å². The number of thioether (sulfide) groups is 1. The smallest absolute Gasteiger partial charge is 0.122 e. The highest BCUT2D eigenvalue weighted by molar-refractivity contribution is 7.99. The van der Waals surface area contributed by atoms with E-state index in [-0.39, 0.29) is 5.84 Å². The van der Waals surface area contributed by atoms with Crippen molar-refractivity contribution in [1.82, 2.24) is 0 Å². The monoisotopic (exact) mass is 224 g/mol. The molecule has 0 saturated carbocycles. The molecule has 0 fully saturated rings.